The van der Waals surface area contributed by atoms with E-state index in [4.69, 9.17) is 0 Å². The summed E-state index contributed by atoms with van der Waals surface area (Å²) in [4.78, 5) is 10.9. The summed E-state index contributed by atoms with van der Waals surface area (Å²) in [6, 6.07) is 0. The SMILES string of the molecule is COCOC(=O)c1cnoc1. The van der Waals surface area contributed by atoms with E-state index >= 15 is 0 Å². The monoisotopic (exact) mass is 157 g/mol. The van der Waals surface area contributed by atoms with Gasteiger partial charge < -0.3 is 14.0 Å². The van der Waals surface area contributed by atoms with Crippen LogP contribution in [0.2, 0.25) is 0 Å². The first kappa shape index (κ1) is 7.74. The third-order valence-corrected chi connectivity index (χ3v) is 0.976. The minimum Gasteiger partial charge on any atom is -0.435 e. The second kappa shape index (κ2) is 3.72. The Labute approximate surface area is 62.9 Å². The van der Waals surface area contributed by atoms with Gasteiger partial charge in [-0.1, -0.05) is 5.16 Å². The summed E-state index contributed by atoms with van der Waals surface area (Å²) in [7, 11) is 1.43. The molecule has 0 spiro atoms. The zero-order valence-electron chi connectivity index (χ0n) is 5.94. The Bertz CT molecular complexity index is 218. The van der Waals surface area contributed by atoms with Crippen molar-refractivity contribution in [1.82, 2.24) is 5.16 Å². The Balaban J connectivity index is 2.43. The molecule has 0 unspecified atom stereocenters. The number of rotatable bonds is 3. The summed E-state index contributed by atoms with van der Waals surface area (Å²) in [6.45, 7) is -0.0655. The summed E-state index contributed by atoms with van der Waals surface area (Å²) in [6.07, 6.45) is 2.48. The molecule has 1 heterocycles. The number of esters is 1. The van der Waals surface area contributed by atoms with E-state index in [0.29, 0.717) is 0 Å². The van der Waals surface area contributed by atoms with Crippen LogP contribution in [0.4, 0.5) is 0 Å². The van der Waals surface area contributed by atoms with Crippen LogP contribution in [-0.2, 0) is 9.47 Å². The lowest BCUT2D eigenvalue weighted by molar-refractivity contribution is -0.0125. The number of ether oxygens (including phenoxy) is 2. The first-order valence-corrected chi connectivity index (χ1v) is 2.90. The molecule has 0 fully saturated rings. The standard InChI is InChI=1S/C6H7NO4/c1-9-4-10-6(8)5-2-7-11-3-5/h2-3H,4H2,1H3. The van der Waals surface area contributed by atoms with Gasteiger partial charge in [0.25, 0.3) is 0 Å². The fraction of sp³-hybridized carbons (Fsp3) is 0.333. The largest absolute Gasteiger partial charge is 0.435 e. The fourth-order valence-electron chi connectivity index (χ4n) is 0.501. The molecule has 0 atom stereocenters. The number of carbonyl (C=O) groups excluding carboxylic acids is 1. The molecule has 11 heavy (non-hydrogen) atoms. The predicted molar refractivity (Wildman–Crippen MR) is 33.8 cm³/mol. The zero-order chi connectivity index (χ0) is 8.10. The van der Waals surface area contributed by atoms with Crippen LogP contribution in [0.15, 0.2) is 17.0 Å². The van der Waals surface area contributed by atoms with Crippen molar-refractivity contribution in [1.29, 1.82) is 0 Å². The summed E-state index contributed by atoms with van der Waals surface area (Å²) in [5.41, 5.74) is 0.280. The molecule has 0 aliphatic carbocycles. The molecule has 1 aromatic rings. The van der Waals surface area contributed by atoms with E-state index in [9.17, 15) is 4.79 Å². The molecule has 0 aromatic carbocycles. The van der Waals surface area contributed by atoms with Gasteiger partial charge in [-0.2, -0.15) is 0 Å². The average Bonchev–Trinajstić information content (AvgIpc) is 2.52. The molecule has 1 aromatic heterocycles. The fourth-order valence-corrected chi connectivity index (χ4v) is 0.501. The summed E-state index contributed by atoms with van der Waals surface area (Å²) in [5, 5.41) is 3.33. The molecule has 0 saturated heterocycles. The van der Waals surface area contributed by atoms with Crippen molar-refractivity contribution in [3.63, 3.8) is 0 Å². The van der Waals surface area contributed by atoms with Crippen LogP contribution < -0.4 is 0 Å². The maximum atomic E-state index is 10.9. The third-order valence-electron chi connectivity index (χ3n) is 0.976. The molecule has 60 valence electrons. The number of hydrogen-bond acceptors (Lipinski definition) is 5. The van der Waals surface area contributed by atoms with Gasteiger partial charge in [-0.25, -0.2) is 4.79 Å². The van der Waals surface area contributed by atoms with E-state index in [-0.39, 0.29) is 12.4 Å². The summed E-state index contributed by atoms with van der Waals surface area (Å²) >= 11 is 0. The average molecular weight is 157 g/mol. The Morgan fingerprint density at radius 1 is 1.82 bits per heavy atom. The second-order valence-electron chi connectivity index (χ2n) is 1.75. The van der Waals surface area contributed by atoms with Crippen LogP contribution >= 0.6 is 0 Å². The molecule has 0 aliphatic rings. The Hall–Kier alpha value is -1.36. The Morgan fingerprint density at radius 3 is 3.18 bits per heavy atom. The van der Waals surface area contributed by atoms with E-state index in [1.54, 1.807) is 0 Å². The summed E-state index contributed by atoms with van der Waals surface area (Å²) < 4.78 is 13.5. The minimum atomic E-state index is -0.506. The lowest BCUT2D eigenvalue weighted by Gasteiger charge is -1.98. The van der Waals surface area contributed by atoms with Crippen LogP contribution in [0.5, 0.6) is 0 Å². The van der Waals surface area contributed by atoms with Gasteiger partial charge in [0.1, 0.15) is 11.8 Å². The number of nitrogens with zero attached hydrogens (tertiary/aromatic N) is 1. The summed E-state index contributed by atoms with van der Waals surface area (Å²) in [5.74, 6) is -0.506. The second-order valence-corrected chi connectivity index (χ2v) is 1.75. The van der Waals surface area contributed by atoms with Crippen molar-refractivity contribution >= 4 is 5.97 Å². The van der Waals surface area contributed by atoms with Crippen LogP contribution in [0.1, 0.15) is 10.4 Å². The molecule has 0 saturated carbocycles. The number of methoxy groups -OCH3 is 1. The van der Waals surface area contributed by atoms with E-state index in [1.165, 1.54) is 19.6 Å². The topological polar surface area (TPSA) is 61.6 Å². The van der Waals surface area contributed by atoms with Crippen LogP contribution in [-0.4, -0.2) is 25.0 Å². The maximum Gasteiger partial charge on any atom is 0.345 e. The molecule has 0 N–H and O–H groups in total. The lowest BCUT2D eigenvalue weighted by Crippen LogP contribution is -2.06. The highest BCUT2D eigenvalue weighted by Gasteiger charge is 2.07. The molecule has 0 radical (unpaired) electrons. The zero-order valence-corrected chi connectivity index (χ0v) is 5.94. The van der Waals surface area contributed by atoms with E-state index < -0.39 is 5.97 Å². The van der Waals surface area contributed by atoms with Gasteiger partial charge in [0.05, 0.1) is 6.20 Å². The highest BCUT2D eigenvalue weighted by Crippen LogP contribution is 1.98. The van der Waals surface area contributed by atoms with Crippen LogP contribution in [0.3, 0.4) is 0 Å². The molecule has 1 rings (SSSR count). The molecule has 0 bridgehead atoms. The normalized spacial score (nSPS) is 9.55. The minimum absolute atomic E-state index is 0.0655. The van der Waals surface area contributed by atoms with Gasteiger partial charge in [-0.15, -0.1) is 0 Å². The van der Waals surface area contributed by atoms with Crippen molar-refractivity contribution < 1.29 is 18.8 Å². The van der Waals surface area contributed by atoms with E-state index in [1.807, 2.05) is 0 Å². The van der Waals surface area contributed by atoms with Crippen LogP contribution in [0, 0.1) is 0 Å². The van der Waals surface area contributed by atoms with Gasteiger partial charge in [0.2, 0.25) is 0 Å². The predicted octanol–water partition coefficient (Wildman–Crippen LogP) is 0.435. The van der Waals surface area contributed by atoms with Crippen molar-refractivity contribution in [2.45, 2.75) is 0 Å². The molecule has 0 aliphatic heterocycles. The van der Waals surface area contributed by atoms with Gasteiger partial charge in [0, 0.05) is 7.11 Å². The highest BCUT2D eigenvalue weighted by atomic mass is 16.7. The first-order valence-electron chi connectivity index (χ1n) is 2.90. The number of carbonyl (C=O) groups is 1. The lowest BCUT2D eigenvalue weighted by atomic mass is 10.4. The molecule has 5 nitrogen and oxygen atoms in total. The van der Waals surface area contributed by atoms with E-state index in [0.717, 1.165) is 0 Å². The van der Waals surface area contributed by atoms with Crippen molar-refractivity contribution in [2.75, 3.05) is 13.9 Å². The van der Waals surface area contributed by atoms with Gasteiger partial charge >= 0.3 is 5.97 Å². The quantitative estimate of drug-likeness (QED) is 0.470. The number of hydrogen-bond donors (Lipinski definition) is 0. The van der Waals surface area contributed by atoms with E-state index in [2.05, 4.69) is 19.2 Å². The number of aromatic nitrogens is 1. The van der Waals surface area contributed by atoms with Gasteiger partial charge in [0.15, 0.2) is 6.79 Å². The third kappa shape index (κ3) is 2.05. The molecule has 5 heteroatoms. The maximum absolute atomic E-state index is 10.9. The molecule has 0 amide bonds. The highest BCUT2D eigenvalue weighted by molar-refractivity contribution is 5.88. The van der Waals surface area contributed by atoms with Crippen molar-refractivity contribution in [3.05, 3.63) is 18.0 Å². The Kier molecular flexibility index (Phi) is 2.62. The van der Waals surface area contributed by atoms with Crippen LogP contribution in [0.25, 0.3) is 0 Å². The smallest absolute Gasteiger partial charge is 0.345 e. The van der Waals surface area contributed by atoms with Crippen molar-refractivity contribution in [2.24, 2.45) is 0 Å². The Morgan fingerprint density at radius 2 is 2.64 bits per heavy atom. The van der Waals surface area contributed by atoms with Crippen molar-refractivity contribution in [3.8, 4) is 0 Å². The van der Waals surface area contributed by atoms with Gasteiger partial charge in [-0.3, -0.25) is 0 Å². The molecular weight excluding hydrogens is 150 g/mol. The molecular formula is C6H7NO4. The first-order chi connectivity index (χ1) is 5.34. The van der Waals surface area contributed by atoms with Gasteiger partial charge in [-0.05, 0) is 0 Å².